The SMILES string of the molecule is CC(C)(C)[Si](C)(C)OC(=O)CNC(=O)c1ccccc1O[Si](C)(C)C(C)(C)C. The first-order chi connectivity index (χ1) is 12.5. The number of benzene rings is 1. The molecule has 1 aromatic rings. The van der Waals surface area contributed by atoms with E-state index < -0.39 is 22.6 Å². The van der Waals surface area contributed by atoms with Crippen molar-refractivity contribution < 1.29 is 18.4 Å². The zero-order chi connectivity index (χ0) is 22.0. The largest absolute Gasteiger partial charge is 0.543 e. The minimum atomic E-state index is -2.20. The first-order valence-corrected chi connectivity index (χ1v) is 15.6. The molecule has 0 aliphatic rings. The van der Waals surface area contributed by atoms with E-state index in [0.717, 1.165) is 0 Å². The summed E-state index contributed by atoms with van der Waals surface area (Å²) in [6.07, 6.45) is 0. The van der Waals surface area contributed by atoms with Gasteiger partial charge in [0, 0.05) is 0 Å². The van der Waals surface area contributed by atoms with Crippen LogP contribution in [-0.2, 0) is 9.22 Å². The molecular weight excluding hydrogens is 386 g/mol. The predicted octanol–water partition coefficient (Wildman–Crippen LogP) is 5.35. The zero-order valence-electron chi connectivity index (χ0n) is 19.1. The number of amides is 1. The van der Waals surface area contributed by atoms with Crippen molar-refractivity contribution in [2.75, 3.05) is 6.54 Å². The molecule has 0 fully saturated rings. The van der Waals surface area contributed by atoms with Gasteiger partial charge in [-0.2, -0.15) is 0 Å². The Morgan fingerprint density at radius 3 is 1.89 bits per heavy atom. The molecule has 0 spiro atoms. The minimum absolute atomic E-state index is 0.0174. The van der Waals surface area contributed by atoms with Crippen LogP contribution in [0.25, 0.3) is 0 Å². The maximum atomic E-state index is 12.7. The lowest BCUT2D eigenvalue weighted by atomic mass is 10.2. The normalized spacial score (nSPS) is 13.1. The second kappa shape index (κ2) is 8.41. The highest BCUT2D eigenvalue weighted by Crippen LogP contribution is 2.38. The van der Waals surface area contributed by atoms with Crippen molar-refractivity contribution in [3.63, 3.8) is 0 Å². The average Bonchev–Trinajstić information content (AvgIpc) is 2.50. The van der Waals surface area contributed by atoms with E-state index in [1.807, 2.05) is 25.2 Å². The van der Waals surface area contributed by atoms with Crippen LogP contribution in [-0.4, -0.2) is 35.1 Å². The maximum Gasteiger partial charge on any atom is 0.312 e. The van der Waals surface area contributed by atoms with Crippen LogP contribution in [0.2, 0.25) is 36.3 Å². The van der Waals surface area contributed by atoms with Crippen molar-refractivity contribution in [3.05, 3.63) is 29.8 Å². The van der Waals surface area contributed by atoms with E-state index >= 15 is 0 Å². The second-order valence-corrected chi connectivity index (χ2v) is 19.7. The van der Waals surface area contributed by atoms with E-state index in [1.165, 1.54) is 0 Å². The predicted molar refractivity (Wildman–Crippen MR) is 120 cm³/mol. The molecule has 0 saturated heterocycles. The number of rotatable bonds is 6. The third-order valence-corrected chi connectivity index (χ3v) is 14.6. The molecule has 0 atom stereocenters. The molecule has 1 N–H and O–H groups in total. The van der Waals surface area contributed by atoms with Crippen molar-refractivity contribution in [1.29, 1.82) is 0 Å². The van der Waals surface area contributed by atoms with Gasteiger partial charge in [-0.05, 0) is 48.4 Å². The molecule has 1 aromatic carbocycles. The Bertz CT molecular complexity index is 716. The van der Waals surface area contributed by atoms with Gasteiger partial charge in [-0.25, -0.2) is 0 Å². The summed E-state index contributed by atoms with van der Waals surface area (Å²) in [4.78, 5) is 25.0. The second-order valence-electron chi connectivity index (χ2n) is 10.3. The number of nitrogens with one attached hydrogen (secondary N) is 1. The van der Waals surface area contributed by atoms with E-state index in [0.29, 0.717) is 11.3 Å². The molecule has 0 heterocycles. The monoisotopic (exact) mass is 423 g/mol. The van der Waals surface area contributed by atoms with Gasteiger partial charge in [-0.15, -0.1) is 0 Å². The Balaban J connectivity index is 2.86. The fourth-order valence-electron chi connectivity index (χ4n) is 1.89. The fraction of sp³-hybridized carbons (Fsp3) is 0.619. The highest BCUT2D eigenvalue weighted by Gasteiger charge is 2.41. The first-order valence-electron chi connectivity index (χ1n) is 9.76. The van der Waals surface area contributed by atoms with E-state index in [-0.39, 0.29) is 22.5 Å². The lowest BCUT2D eigenvalue weighted by Gasteiger charge is -2.37. The number of carbonyl (C=O) groups excluding carboxylic acids is 2. The molecule has 7 heteroatoms. The Labute approximate surface area is 172 Å². The van der Waals surface area contributed by atoms with Crippen molar-refractivity contribution in [1.82, 2.24) is 5.32 Å². The van der Waals surface area contributed by atoms with Crippen molar-refractivity contribution in [2.45, 2.75) is 77.8 Å². The number of hydrogen-bond donors (Lipinski definition) is 1. The first kappa shape index (κ1) is 24.4. The lowest BCUT2D eigenvalue weighted by Crippen LogP contribution is -2.45. The zero-order valence-corrected chi connectivity index (χ0v) is 21.1. The van der Waals surface area contributed by atoms with Crippen LogP contribution >= 0.6 is 0 Å². The molecule has 0 aliphatic carbocycles. The maximum absolute atomic E-state index is 12.7. The number of hydrogen-bond acceptors (Lipinski definition) is 4. The van der Waals surface area contributed by atoms with Gasteiger partial charge in [0.15, 0.2) is 0 Å². The van der Waals surface area contributed by atoms with Crippen LogP contribution in [0.4, 0.5) is 0 Å². The van der Waals surface area contributed by atoms with Gasteiger partial charge < -0.3 is 14.2 Å². The third-order valence-electron chi connectivity index (χ3n) is 5.87. The van der Waals surface area contributed by atoms with E-state index in [9.17, 15) is 9.59 Å². The van der Waals surface area contributed by atoms with Gasteiger partial charge in [0.1, 0.15) is 12.3 Å². The molecular formula is C21H37NO4Si2. The van der Waals surface area contributed by atoms with Crippen LogP contribution in [0, 0.1) is 0 Å². The molecule has 0 unspecified atom stereocenters. The lowest BCUT2D eigenvalue weighted by molar-refractivity contribution is -0.134. The fourth-order valence-corrected chi connectivity index (χ4v) is 3.87. The van der Waals surface area contributed by atoms with Crippen molar-refractivity contribution >= 4 is 28.5 Å². The highest BCUT2D eigenvalue weighted by molar-refractivity contribution is 6.75. The van der Waals surface area contributed by atoms with E-state index in [2.05, 4.69) is 60.0 Å². The van der Waals surface area contributed by atoms with Gasteiger partial charge in [0.2, 0.25) is 0 Å². The molecule has 0 aliphatic heterocycles. The van der Waals surface area contributed by atoms with Crippen LogP contribution < -0.4 is 9.74 Å². The Hall–Kier alpha value is -1.61. The van der Waals surface area contributed by atoms with Crippen molar-refractivity contribution in [3.8, 4) is 5.75 Å². The molecule has 1 amide bonds. The van der Waals surface area contributed by atoms with Gasteiger partial charge in [-0.1, -0.05) is 53.7 Å². The van der Waals surface area contributed by atoms with Crippen molar-refractivity contribution in [2.24, 2.45) is 0 Å². The van der Waals surface area contributed by atoms with E-state index in [4.69, 9.17) is 8.85 Å². The molecule has 0 saturated carbocycles. The number of carbonyl (C=O) groups is 2. The molecule has 0 radical (unpaired) electrons. The molecule has 1 rings (SSSR count). The van der Waals surface area contributed by atoms with Crippen LogP contribution in [0.3, 0.4) is 0 Å². The summed E-state index contributed by atoms with van der Waals surface area (Å²) in [7, 11) is -4.29. The Kier molecular flexibility index (Phi) is 7.34. The highest BCUT2D eigenvalue weighted by atomic mass is 28.4. The Morgan fingerprint density at radius 2 is 1.39 bits per heavy atom. The number of para-hydroxylation sites is 1. The summed E-state index contributed by atoms with van der Waals surface area (Å²) in [6.45, 7) is 20.8. The summed E-state index contributed by atoms with van der Waals surface area (Å²) in [5.41, 5.74) is 0.437. The average molecular weight is 424 g/mol. The van der Waals surface area contributed by atoms with Gasteiger partial charge in [0.05, 0.1) is 5.56 Å². The van der Waals surface area contributed by atoms with Gasteiger partial charge >= 0.3 is 5.97 Å². The summed E-state index contributed by atoms with van der Waals surface area (Å²) in [5.74, 6) is -0.173. The summed E-state index contributed by atoms with van der Waals surface area (Å²) in [5, 5.41) is 2.63. The summed E-state index contributed by atoms with van der Waals surface area (Å²) in [6, 6.07) is 7.17. The minimum Gasteiger partial charge on any atom is -0.543 e. The quantitative estimate of drug-likeness (QED) is 0.627. The molecule has 5 nitrogen and oxygen atoms in total. The van der Waals surface area contributed by atoms with Crippen LogP contribution in [0.15, 0.2) is 24.3 Å². The molecule has 0 aromatic heterocycles. The van der Waals surface area contributed by atoms with Crippen LogP contribution in [0.1, 0.15) is 51.9 Å². The van der Waals surface area contributed by atoms with Gasteiger partial charge in [-0.3, -0.25) is 9.59 Å². The molecule has 28 heavy (non-hydrogen) atoms. The Morgan fingerprint density at radius 1 is 0.893 bits per heavy atom. The smallest absolute Gasteiger partial charge is 0.312 e. The molecule has 158 valence electrons. The van der Waals surface area contributed by atoms with E-state index in [1.54, 1.807) is 12.1 Å². The summed E-state index contributed by atoms with van der Waals surface area (Å²) >= 11 is 0. The summed E-state index contributed by atoms with van der Waals surface area (Å²) < 4.78 is 12.0. The van der Waals surface area contributed by atoms with Crippen LogP contribution in [0.5, 0.6) is 5.75 Å². The third kappa shape index (κ3) is 6.20. The van der Waals surface area contributed by atoms with Gasteiger partial charge in [0.25, 0.3) is 22.5 Å². The standard InChI is InChI=1S/C21H37NO4Si2/c1-20(2,3)27(7,8)25-17-14-12-11-13-16(17)19(24)22-15-18(23)26-28(9,10)21(4,5)6/h11-14H,15H2,1-10H3,(H,22,24). The molecule has 0 bridgehead atoms. The topological polar surface area (TPSA) is 64.6 Å².